The Hall–Kier alpha value is -0.810. The lowest BCUT2D eigenvalue weighted by molar-refractivity contribution is 0.0180. The first kappa shape index (κ1) is 16.6. The lowest BCUT2D eigenvalue weighted by Crippen LogP contribution is -2.58. The molecule has 5 heteroatoms. The standard InChI is InChI=1S/C16H31N3O2/c1-12-10-19(13(2)9-17(12)6)14-7-8-18(11-14)15(20)21-16(3,4)5/h12-14H,7-11H2,1-6H3/t12-,13+,14+/m1/s1. The molecule has 2 rings (SSSR count). The first-order valence-corrected chi connectivity index (χ1v) is 8.11. The molecule has 0 aromatic rings. The highest BCUT2D eigenvalue weighted by atomic mass is 16.6. The number of likely N-dealkylation sites (N-methyl/N-ethyl adjacent to an activating group) is 1. The first-order valence-electron chi connectivity index (χ1n) is 8.11. The van der Waals surface area contributed by atoms with Gasteiger partial charge in [0, 0.05) is 44.3 Å². The van der Waals surface area contributed by atoms with Crippen LogP contribution in [0.4, 0.5) is 4.79 Å². The van der Waals surface area contributed by atoms with Crippen LogP contribution >= 0.6 is 0 Å². The fourth-order valence-electron chi connectivity index (χ4n) is 3.34. The summed E-state index contributed by atoms with van der Waals surface area (Å²) in [5.74, 6) is 0. The molecule has 122 valence electrons. The van der Waals surface area contributed by atoms with E-state index in [0.717, 1.165) is 32.6 Å². The van der Waals surface area contributed by atoms with Gasteiger partial charge in [0.2, 0.25) is 0 Å². The number of hydrogen-bond donors (Lipinski definition) is 0. The fraction of sp³-hybridized carbons (Fsp3) is 0.938. The molecule has 1 amide bonds. The number of piperazine rings is 1. The molecular weight excluding hydrogens is 266 g/mol. The summed E-state index contributed by atoms with van der Waals surface area (Å²) in [4.78, 5) is 19.0. The normalized spacial score (nSPS) is 32.5. The van der Waals surface area contributed by atoms with Gasteiger partial charge in [0.15, 0.2) is 0 Å². The van der Waals surface area contributed by atoms with Crippen molar-refractivity contribution < 1.29 is 9.53 Å². The second-order valence-corrected chi connectivity index (χ2v) is 7.70. The van der Waals surface area contributed by atoms with Crippen molar-refractivity contribution in [1.82, 2.24) is 14.7 Å². The van der Waals surface area contributed by atoms with Gasteiger partial charge >= 0.3 is 6.09 Å². The minimum Gasteiger partial charge on any atom is -0.444 e. The summed E-state index contributed by atoms with van der Waals surface area (Å²) in [5.41, 5.74) is -0.412. The third-order valence-electron chi connectivity index (χ3n) is 4.63. The molecule has 2 aliphatic heterocycles. The Morgan fingerprint density at radius 1 is 1.10 bits per heavy atom. The van der Waals surface area contributed by atoms with Crippen LogP contribution in [0.5, 0.6) is 0 Å². The Kier molecular flexibility index (Phi) is 4.83. The Bertz CT molecular complexity index is 380. The van der Waals surface area contributed by atoms with Gasteiger partial charge in [0.1, 0.15) is 5.60 Å². The van der Waals surface area contributed by atoms with Crippen molar-refractivity contribution in [2.75, 3.05) is 33.2 Å². The molecule has 0 saturated carbocycles. The average molecular weight is 297 g/mol. The number of rotatable bonds is 1. The van der Waals surface area contributed by atoms with Gasteiger partial charge in [-0.1, -0.05) is 0 Å². The van der Waals surface area contributed by atoms with Crippen molar-refractivity contribution in [2.45, 2.75) is 64.8 Å². The van der Waals surface area contributed by atoms with Gasteiger partial charge in [-0.25, -0.2) is 4.79 Å². The van der Waals surface area contributed by atoms with Crippen LogP contribution in [0.1, 0.15) is 41.0 Å². The topological polar surface area (TPSA) is 36.0 Å². The summed E-state index contributed by atoms with van der Waals surface area (Å²) < 4.78 is 5.48. The van der Waals surface area contributed by atoms with Crippen molar-refractivity contribution in [3.63, 3.8) is 0 Å². The summed E-state index contributed by atoms with van der Waals surface area (Å²) in [5, 5.41) is 0. The Balaban J connectivity index is 1.91. The van der Waals surface area contributed by atoms with Crippen molar-refractivity contribution in [3.05, 3.63) is 0 Å². The van der Waals surface area contributed by atoms with E-state index in [9.17, 15) is 4.79 Å². The Labute approximate surface area is 129 Å². The maximum absolute atomic E-state index is 12.2. The number of likely N-dealkylation sites (tertiary alicyclic amines) is 1. The monoisotopic (exact) mass is 297 g/mol. The SMILES string of the molecule is C[C@@H]1CN([C@H]2CCN(C(=O)OC(C)(C)C)C2)[C@@H](C)CN1C. The molecule has 2 heterocycles. The predicted molar refractivity (Wildman–Crippen MR) is 84.5 cm³/mol. The van der Waals surface area contributed by atoms with E-state index in [1.165, 1.54) is 0 Å². The number of amides is 1. The third-order valence-corrected chi connectivity index (χ3v) is 4.63. The van der Waals surface area contributed by atoms with Crippen molar-refractivity contribution >= 4 is 6.09 Å². The number of carbonyl (C=O) groups is 1. The molecular formula is C16H31N3O2. The molecule has 0 unspecified atom stereocenters. The van der Waals surface area contributed by atoms with Gasteiger partial charge < -0.3 is 14.5 Å². The smallest absolute Gasteiger partial charge is 0.410 e. The van der Waals surface area contributed by atoms with E-state index in [4.69, 9.17) is 4.74 Å². The lowest BCUT2D eigenvalue weighted by atomic mass is 10.1. The van der Waals surface area contributed by atoms with E-state index in [1.54, 1.807) is 0 Å². The van der Waals surface area contributed by atoms with E-state index < -0.39 is 5.60 Å². The molecule has 0 aliphatic carbocycles. The zero-order valence-corrected chi connectivity index (χ0v) is 14.4. The van der Waals surface area contributed by atoms with E-state index in [0.29, 0.717) is 18.1 Å². The Morgan fingerprint density at radius 2 is 1.76 bits per heavy atom. The van der Waals surface area contributed by atoms with Gasteiger partial charge in [-0.3, -0.25) is 4.90 Å². The van der Waals surface area contributed by atoms with Crippen LogP contribution in [0.3, 0.4) is 0 Å². The molecule has 0 radical (unpaired) electrons. The molecule has 21 heavy (non-hydrogen) atoms. The summed E-state index contributed by atoms with van der Waals surface area (Å²) >= 11 is 0. The quantitative estimate of drug-likeness (QED) is 0.742. The minimum absolute atomic E-state index is 0.167. The van der Waals surface area contributed by atoms with Gasteiger partial charge in [0.05, 0.1) is 0 Å². The van der Waals surface area contributed by atoms with E-state index in [2.05, 4.69) is 30.7 Å². The second-order valence-electron chi connectivity index (χ2n) is 7.70. The molecule has 0 bridgehead atoms. The van der Waals surface area contributed by atoms with Crippen LogP contribution in [0.15, 0.2) is 0 Å². The summed E-state index contributed by atoms with van der Waals surface area (Å²) in [6.45, 7) is 14.1. The average Bonchev–Trinajstić information content (AvgIpc) is 2.81. The second kappa shape index (κ2) is 6.13. The third kappa shape index (κ3) is 4.10. The molecule has 0 aromatic heterocycles. The number of hydrogen-bond acceptors (Lipinski definition) is 4. The first-order chi connectivity index (χ1) is 9.67. The van der Waals surface area contributed by atoms with Gasteiger partial charge in [-0.2, -0.15) is 0 Å². The number of carbonyl (C=O) groups excluding carboxylic acids is 1. The van der Waals surface area contributed by atoms with Gasteiger partial charge in [-0.05, 0) is 48.1 Å². The highest BCUT2D eigenvalue weighted by Crippen LogP contribution is 2.24. The van der Waals surface area contributed by atoms with Crippen LogP contribution in [-0.2, 0) is 4.74 Å². The van der Waals surface area contributed by atoms with Crippen LogP contribution in [0.25, 0.3) is 0 Å². The van der Waals surface area contributed by atoms with Crippen molar-refractivity contribution in [2.24, 2.45) is 0 Å². The fourth-order valence-corrected chi connectivity index (χ4v) is 3.34. The Morgan fingerprint density at radius 3 is 2.38 bits per heavy atom. The summed E-state index contributed by atoms with van der Waals surface area (Å²) in [6.07, 6.45) is 0.889. The van der Waals surface area contributed by atoms with Crippen LogP contribution in [-0.4, -0.2) is 77.7 Å². The molecule has 5 nitrogen and oxygen atoms in total. The minimum atomic E-state index is -0.412. The highest BCUT2D eigenvalue weighted by molar-refractivity contribution is 5.68. The highest BCUT2D eigenvalue weighted by Gasteiger charge is 2.37. The lowest BCUT2D eigenvalue weighted by Gasteiger charge is -2.45. The van der Waals surface area contributed by atoms with Gasteiger partial charge in [0.25, 0.3) is 0 Å². The van der Waals surface area contributed by atoms with E-state index >= 15 is 0 Å². The predicted octanol–water partition coefficient (Wildman–Crippen LogP) is 2.02. The van der Waals surface area contributed by atoms with Crippen molar-refractivity contribution in [1.29, 1.82) is 0 Å². The van der Waals surface area contributed by atoms with Crippen LogP contribution < -0.4 is 0 Å². The molecule has 0 spiro atoms. The van der Waals surface area contributed by atoms with Gasteiger partial charge in [-0.15, -0.1) is 0 Å². The molecule has 0 N–H and O–H groups in total. The van der Waals surface area contributed by atoms with Crippen LogP contribution in [0.2, 0.25) is 0 Å². The zero-order valence-electron chi connectivity index (χ0n) is 14.4. The maximum atomic E-state index is 12.2. The number of ether oxygens (including phenoxy) is 1. The molecule has 2 fully saturated rings. The van der Waals surface area contributed by atoms with Crippen molar-refractivity contribution in [3.8, 4) is 0 Å². The van der Waals surface area contributed by atoms with E-state index in [1.807, 2.05) is 25.7 Å². The molecule has 2 saturated heterocycles. The largest absolute Gasteiger partial charge is 0.444 e. The van der Waals surface area contributed by atoms with Crippen LogP contribution in [0, 0.1) is 0 Å². The molecule has 3 atom stereocenters. The summed E-state index contributed by atoms with van der Waals surface area (Å²) in [6, 6.07) is 1.61. The zero-order chi connectivity index (χ0) is 15.8. The maximum Gasteiger partial charge on any atom is 0.410 e. The molecule has 0 aromatic carbocycles. The van der Waals surface area contributed by atoms with E-state index in [-0.39, 0.29) is 6.09 Å². The summed E-state index contributed by atoms with van der Waals surface area (Å²) in [7, 11) is 2.19. The molecule has 2 aliphatic rings. The number of nitrogens with zero attached hydrogens (tertiary/aromatic N) is 3.